The summed E-state index contributed by atoms with van der Waals surface area (Å²) < 4.78 is 5.44. The maximum atomic E-state index is 13.2. The molecule has 1 aliphatic rings. The van der Waals surface area contributed by atoms with E-state index in [1.54, 1.807) is 0 Å². The molecule has 0 aromatic heterocycles. The van der Waals surface area contributed by atoms with Crippen LogP contribution in [-0.4, -0.2) is 42.8 Å². The van der Waals surface area contributed by atoms with Gasteiger partial charge in [-0.1, -0.05) is 37.6 Å². The number of carbonyl (C=O) groups excluding carboxylic acids is 2. The second-order valence-electron chi connectivity index (χ2n) is 8.15. The van der Waals surface area contributed by atoms with Crippen LogP contribution in [0.3, 0.4) is 0 Å². The second kappa shape index (κ2) is 11.6. The van der Waals surface area contributed by atoms with Crippen LogP contribution in [0.4, 0.5) is 21.0 Å². The Balaban J connectivity index is 1.75. The lowest BCUT2D eigenvalue weighted by Crippen LogP contribution is -2.49. The van der Waals surface area contributed by atoms with Gasteiger partial charge < -0.3 is 15.0 Å². The van der Waals surface area contributed by atoms with E-state index < -0.39 is 12.1 Å². The molecule has 2 aromatic rings. The minimum Gasteiger partial charge on any atom is -0.449 e. The molecule has 2 aromatic carbocycles. The molecular weight excluding hydrogens is 402 g/mol. The molecule has 1 unspecified atom stereocenters. The van der Waals surface area contributed by atoms with Crippen molar-refractivity contribution in [3.8, 4) is 0 Å². The van der Waals surface area contributed by atoms with Gasteiger partial charge in [-0.25, -0.2) is 14.5 Å². The van der Waals surface area contributed by atoms with Crippen molar-refractivity contribution >= 4 is 23.5 Å². The van der Waals surface area contributed by atoms with Crippen molar-refractivity contribution in [1.29, 1.82) is 0 Å². The number of hydrogen-bond donors (Lipinski definition) is 1. The predicted octanol–water partition coefficient (Wildman–Crippen LogP) is 5.86. The average molecular weight is 438 g/mol. The molecule has 6 nitrogen and oxygen atoms in total. The van der Waals surface area contributed by atoms with E-state index in [9.17, 15) is 9.59 Å². The van der Waals surface area contributed by atoms with Gasteiger partial charge in [-0.05, 0) is 74.9 Å². The first-order valence-corrected chi connectivity index (χ1v) is 11.8. The van der Waals surface area contributed by atoms with Gasteiger partial charge in [0.2, 0.25) is 0 Å². The molecule has 3 rings (SSSR count). The third-order valence-corrected chi connectivity index (χ3v) is 6.07. The summed E-state index contributed by atoms with van der Waals surface area (Å²) in [4.78, 5) is 29.7. The lowest BCUT2D eigenvalue weighted by Gasteiger charge is -2.33. The van der Waals surface area contributed by atoms with Crippen molar-refractivity contribution in [2.75, 3.05) is 29.9 Å². The molecule has 0 spiro atoms. The number of anilines is 2. The van der Waals surface area contributed by atoms with Gasteiger partial charge in [-0.15, -0.1) is 0 Å². The zero-order valence-electron chi connectivity index (χ0n) is 19.5. The summed E-state index contributed by atoms with van der Waals surface area (Å²) in [6.07, 6.45) is 3.35. The average Bonchev–Trinajstić information content (AvgIpc) is 2.81. The molecule has 6 heteroatoms. The molecule has 0 aliphatic heterocycles. The molecular formula is C26H35N3O3. The Morgan fingerprint density at radius 3 is 2.34 bits per heavy atom. The van der Waals surface area contributed by atoms with Crippen LogP contribution >= 0.6 is 0 Å². The van der Waals surface area contributed by atoms with E-state index in [-0.39, 0.29) is 6.04 Å². The molecule has 1 aliphatic carbocycles. The minimum absolute atomic E-state index is 0.228. The van der Waals surface area contributed by atoms with Gasteiger partial charge in [0.25, 0.3) is 0 Å². The Bertz CT molecular complexity index is 893. The SMILES string of the molecule is CCCCOC(=O)N(C(=O)Nc1ccc(N(CC)CC)cc1)C1CCc2ccccc2C1. The van der Waals surface area contributed by atoms with Gasteiger partial charge in [-0.3, -0.25) is 0 Å². The number of hydrogen-bond acceptors (Lipinski definition) is 4. The molecule has 0 heterocycles. The monoisotopic (exact) mass is 437 g/mol. The smallest absolute Gasteiger partial charge is 0.418 e. The van der Waals surface area contributed by atoms with E-state index in [2.05, 4.69) is 36.2 Å². The topological polar surface area (TPSA) is 61.9 Å². The molecule has 0 saturated carbocycles. The lowest BCUT2D eigenvalue weighted by atomic mass is 9.88. The third kappa shape index (κ3) is 5.81. The number of rotatable bonds is 8. The number of imide groups is 1. The van der Waals surface area contributed by atoms with Gasteiger partial charge in [0.05, 0.1) is 6.61 Å². The highest BCUT2D eigenvalue weighted by molar-refractivity contribution is 5.99. The Hall–Kier alpha value is -3.02. The standard InChI is InChI=1S/C26H35N3O3/c1-4-7-18-32-26(31)29(24-15-12-20-10-8-9-11-21(20)19-24)25(30)27-22-13-16-23(17-14-22)28(5-2)6-3/h8-11,13-14,16-17,24H,4-7,12,15,18-19H2,1-3H3,(H,27,30). The van der Waals surface area contributed by atoms with Crippen molar-refractivity contribution in [3.63, 3.8) is 0 Å². The van der Waals surface area contributed by atoms with Crippen LogP contribution in [-0.2, 0) is 17.6 Å². The molecule has 3 amide bonds. The number of fused-ring (bicyclic) bond motifs is 1. The summed E-state index contributed by atoms with van der Waals surface area (Å²) in [6, 6.07) is 15.3. The number of benzene rings is 2. The van der Waals surface area contributed by atoms with Crippen LogP contribution < -0.4 is 10.2 Å². The number of carbonyl (C=O) groups is 2. The van der Waals surface area contributed by atoms with Crippen molar-refractivity contribution in [2.45, 2.75) is 58.9 Å². The van der Waals surface area contributed by atoms with Gasteiger partial charge in [0.1, 0.15) is 0 Å². The van der Waals surface area contributed by atoms with E-state index in [1.165, 1.54) is 16.0 Å². The van der Waals surface area contributed by atoms with Crippen molar-refractivity contribution in [1.82, 2.24) is 4.90 Å². The first-order chi connectivity index (χ1) is 15.6. The van der Waals surface area contributed by atoms with E-state index in [1.807, 2.05) is 43.3 Å². The number of urea groups is 1. The van der Waals surface area contributed by atoms with Gasteiger partial charge >= 0.3 is 12.1 Å². The number of ether oxygens (including phenoxy) is 1. The van der Waals surface area contributed by atoms with Crippen LogP contribution in [0, 0.1) is 0 Å². The highest BCUT2D eigenvalue weighted by atomic mass is 16.6. The molecule has 0 radical (unpaired) electrons. The van der Waals surface area contributed by atoms with E-state index in [4.69, 9.17) is 4.74 Å². The summed E-state index contributed by atoms with van der Waals surface area (Å²) in [5.74, 6) is 0. The number of aryl methyl sites for hydroxylation is 1. The number of nitrogens with one attached hydrogen (secondary N) is 1. The van der Waals surface area contributed by atoms with Crippen LogP contribution in [0.15, 0.2) is 48.5 Å². The number of amides is 3. The second-order valence-corrected chi connectivity index (χ2v) is 8.15. The molecule has 1 N–H and O–H groups in total. The number of nitrogens with zero attached hydrogens (tertiary/aromatic N) is 2. The summed E-state index contributed by atoms with van der Waals surface area (Å²) in [5.41, 5.74) is 4.24. The predicted molar refractivity (Wildman–Crippen MR) is 129 cm³/mol. The van der Waals surface area contributed by atoms with Crippen molar-refractivity contribution < 1.29 is 14.3 Å². The molecule has 0 saturated heterocycles. The molecule has 0 bridgehead atoms. The minimum atomic E-state index is -0.569. The maximum absolute atomic E-state index is 13.2. The van der Waals surface area contributed by atoms with Crippen LogP contribution in [0.5, 0.6) is 0 Å². The van der Waals surface area contributed by atoms with E-state index in [0.29, 0.717) is 18.7 Å². The normalized spacial score (nSPS) is 14.9. The highest BCUT2D eigenvalue weighted by Crippen LogP contribution is 2.26. The first kappa shape index (κ1) is 23.6. The fourth-order valence-corrected chi connectivity index (χ4v) is 4.20. The Morgan fingerprint density at radius 1 is 1.00 bits per heavy atom. The largest absolute Gasteiger partial charge is 0.449 e. The fraction of sp³-hybridized carbons (Fsp3) is 0.462. The fourth-order valence-electron chi connectivity index (χ4n) is 4.20. The van der Waals surface area contributed by atoms with Crippen LogP contribution in [0.2, 0.25) is 0 Å². The first-order valence-electron chi connectivity index (χ1n) is 11.8. The summed E-state index contributed by atoms with van der Waals surface area (Å²) >= 11 is 0. The zero-order chi connectivity index (χ0) is 22.9. The van der Waals surface area contributed by atoms with Crippen molar-refractivity contribution in [3.05, 3.63) is 59.7 Å². The quantitative estimate of drug-likeness (QED) is 0.525. The van der Waals surface area contributed by atoms with Crippen molar-refractivity contribution in [2.24, 2.45) is 0 Å². The van der Waals surface area contributed by atoms with Gasteiger partial charge in [-0.2, -0.15) is 0 Å². The van der Waals surface area contributed by atoms with Crippen LogP contribution in [0.25, 0.3) is 0 Å². The summed E-state index contributed by atoms with van der Waals surface area (Å²) in [6.45, 7) is 8.43. The molecule has 0 fully saturated rings. The Kier molecular flexibility index (Phi) is 8.54. The number of unbranched alkanes of at least 4 members (excludes halogenated alkanes) is 1. The Labute approximate surface area is 191 Å². The van der Waals surface area contributed by atoms with E-state index in [0.717, 1.165) is 44.5 Å². The molecule has 1 atom stereocenters. The molecule has 32 heavy (non-hydrogen) atoms. The zero-order valence-corrected chi connectivity index (χ0v) is 19.5. The van der Waals surface area contributed by atoms with Gasteiger partial charge in [0.15, 0.2) is 0 Å². The summed E-state index contributed by atoms with van der Waals surface area (Å²) in [5, 5.41) is 2.90. The lowest BCUT2D eigenvalue weighted by molar-refractivity contribution is 0.0962. The van der Waals surface area contributed by atoms with Gasteiger partial charge in [0, 0.05) is 30.5 Å². The Morgan fingerprint density at radius 2 is 1.69 bits per heavy atom. The van der Waals surface area contributed by atoms with E-state index >= 15 is 0 Å². The third-order valence-electron chi connectivity index (χ3n) is 6.07. The maximum Gasteiger partial charge on any atom is 0.418 e. The summed E-state index contributed by atoms with van der Waals surface area (Å²) in [7, 11) is 0. The molecule has 172 valence electrons. The van der Waals surface area contributed by atoms with Crippen LogP contribution in [0.1, 0.15) is 51.2 Å². The highest BCUT2D eigenvalue weighted by Gasteiger charge is 2.33.